The van der Waals surface area contributed by atoms with Crippen molar-refractivity contribution in [2.45, 2.75) is 57.2 Å². The largest absolute Gasteiger partial charge is 0.308 e. The Balaban J connectivity index is 1.71. The van der Waals surface area contributed by atoms with E-state index in [1.807, 2.05) is 11.3 Å². The van der Waals surface area contributed by atoms with Gasteiger partial charge in [-0.3, -0.25) is 4.90 Å². The van der Waals surface area contributed by atoms with Crippen LogP contribution in [0, 0.1) is 0 Å². The average Bonchev–Trinajstić information content (AvgIpc) is 3.02. The van der Waals surface area contributed by atoms with Crippen molar-refractivity contribution in [3.05, 3.63) is 22.4 Å². The smallest absolute Gasteiger partial charge is 0.0332 e. The summed E-state index contributed by atoms with van der Waals surface area (Å²) in [6.07, 6.45) is 6.84. The van der Waals surface area contributed by atoms with Gasteiger partial charge in [0.05, 0.1) is 0 Å². The molecule has 2 fully saturated rings. The van der Waals surface area contributed by atoms with Crippen molar-refractivity contribution in [2.75, 3.05) is 13.1 Å². The van der Waals surface area contributed by atoms with Crippen LogP contribution < -0.4 is 5.32 Å². The van der Waals surface area contributed by atoms with E-state index >= 15 is 0 Å². The van der Waals surface area contributed by atoms with Gasteiger partial charge in [-0.05, 0) is 30.7 Å². The predicted molar refractivity (Wildman–Crippen MR) is 78.0 cm³/mol. The van der Waals surface area contributed by atoms with Crippen molar-refractivity contribution in [1.29, 1.82) is 0 Å². The highest BCUT2D eigenvalue weighted by atomic mass is 32.1. The van der Waals surface area contributed by atoms with E-state index in [4.69, 9.17) is 0 Å². The molecule has 0 radical (unpaired) electrons. The lowest BCUT2D eigenvalue weighted by Gasteiger charge is -2.46. The van der Waals surface area contributed by atoms with Gasteiger partial charge in [-0.15, -0.1) is 11.3 Å². The summed E-state index contributed by atoms with van der Waals surface area (Å²) in [7, 11) is 0. The van der Waals surface area contributed by atoms with Crippen molar-refractivity contribution in [1.82, 2.24) is 10.2 Å². The fourth-order valence-electron chi connectivity index (χ4n) is 3.61. The predicted octanol–water partition coefficient (Wildman–Crippen LogP) is 3.24. The van der Waals surface area contributed by atoms with Gasteiger partial charge in [0, 0.05) is 36.1 Å². The Morgan fingerprint density at radius 1 is 1.44 bits per heavy atom. The van der Waals surface area contributed by atoms with Gasteiger partial charge < -0.3 is 5.32 Å². The molecule has 2 nitrogen and oxygen atoms in total. The molecule has 0 amide bonds. The molecule has 0 aromatic carbocycles. The van der Waals surface area contributed by atoms with Crippen LogP contribution in [0.4, 0.5) is 0 Å². The molecule has 1 aliphatic heterocycles. The summed E-state index contributed by atoms with van der Waals surface area (Å²) in [5, 5.41) is 6.07. The van der Waals surface area contributed by atoms with E-state index in [0.29, 0.717) is 5.54 Å². The number of hydrogen-bond acceptors (Lipinski definition) is 3. The van der Waals surface area contributed by atoms with Crippen LogP contribution in [0.1, 0.15) is 43.9 Å². The van der Waals surface area contributed by atoms with Gasteiger partial charge in [-0.2, -0.15) is 0 Å². The number of nitrogens with zero attached hydrogens (tertiary/aromatic N) is 1. The minimum absolute atomic E-state index is 0.447. The second-order valence-corrected chi connectivity index (χ2v) is 6.95. The van der Waals surface area contributed by atoms with Crippen molar-refractivity contribution in [2.24, 2.45) is 0 Å². The first-order valence-electron chi connectivity index (χ1n) is 7.33. The Kier molecular flexibility index (Phi) is 3.73. The Bertz CT molecular complexity index is 368. The van der Waals surface area contributed by atoms with E-state index < -0.39 is 0 Å². The van der Waals surface area contributed by atoms with E-state index in [-0.39, 0.29) is 0 Å². The molecule has 100 valence electrons. The van der Waals surface area contributed by atoms with Crippen molar-refractivity contribution >= 4 is 11.3 Å². The molecule has 1 aromatic rings. The Labute approximate surface area is 114 Å². The summed E-state index contributed by atoms with van der Waals surface area (Å²) >= 11 is 1.90. The second-order valence-electron chi connectivity index (χ2n) is 5.91. The maximum absolute atomic E-state index is 3.87. The lowest BCUT2D eigenvalue weighted by Crippen LogP contribution is -2.62. The zero-order valence-corrected chi connectivity index (χ0v) is 12.1. The molecule has 1 saturated heterocycles. The van der Waals surface area contributed by atoms with Crippen LogP contribution in [0.15, 0.2) is 17.5 Å². The molecule has 1 aliphatic carbocycles. The molecule has 1 saturated carbocycles. The van der Waals surface area contributed by atoms with E-state index in [2.05, 4.69) is 34.7 Å². The highest BCUT2D eigenvalue weighted by Crippen LogP contribution is 2.34. The lowest BCUT2D eigenvalue weighted by molar-refractivity contribution is 0.0727. The maximum Gasteiger partial charge on any atom is 0.0332 e. The van der Waals surface area contributed by atoms with Crippen molar-refractivity contribution in [3.63, 3.8) is 0 Å². The lowest BCUT2D eigenvalue weighted by atomic mass is 9.91. The molecule has 1 aromatic heterocycles. The first kappa shape index (κ1) is 12.6. The zero-order chi connectivity index (χ0) is 12.4. The number of thiophene rings is 1. The van der Waals surface area contributed by atoms with Crippen LogP contribution in [0.2, 0.25) is 0 Å². The van der Waals surface area contributed by atoms with Crippen LogP contribution in [-0.2, 0) is 6.54 Å². The third kappa shape index (κ3) is 2.49. The minimum Gasteiger partial charge on any atom is -0.308 e. The maximum atomic E-state index is 3.87. The summed E-state index contributed by atoms with van der Waals surface area (Å²) < 4.78 is 0. The Morgan fingerprint density at radius 3 is 2.94 bits per heavy atom. The van der Waals surface area contributed by atoms with E-state index in [1.165, 1.54) is 50.1 Å². The van der Waals surface area contributed by atoms with Gasteiger partial charge in [0.1, 0.15) is 0 Å². The van der Waals surface area contributed by atoms with Gasteiger partial charge in [-0.25, -0.2) is 0 Å². The zero-order valence-electron chi connectivity index (χ0n) is 11.3. The quantitative estimate of drug-likeness (QED) is 0.901. The summed E-state index contributed by atoms with van der Waals surface area (Å²) in [5.74, 6) is 0. The molecule has 1 atom stereocenters. The van der Waals surface area contributed by atoms with Gasteiger partial charge in [0.15, 0.2) is 0 Å². The van der Waals surface area contributed by atoms with Gasteiger partial charge in [0.25, 0.3) is 0 Å². The summed E-state index contributed by atoms with van der Waals surface area (Å²) in [4.78, 5) is 4.25. The van der Waals surface area contributed by atoms with Crippen LogP contribution in [0.25, 0.3) is 0 Å². The summed E-state index contributed by atoms with van der Waals surface area (Å²) in [5.41, 5.74) is 0.447. The van der Waals surface area contributed by atoms with Crippen molar-refractivity contribution in [3.8, 4) is 0 Å². The molecule has 18 heavy (non-hydrogen) atoms. The van der Waals surface area contributed by atoms with Crippen LogP contribution in [0.5, 0.6) is 0 Å². The molecule has 2 heterocycles. The summed E-state index contributed by atoms with van der Waals surface area (Å²) in [6, 6.07) is 5.17. The molecular weight excluding hydrogens is 240 g/mol. The molecule has 1 unspecified atom stereocenters. The second kappa shape index (κ2) is 5.32. The van der Waals surface area contributed by atoms with E-state index in [0.717, 1.165) is 12.6 Å². The normalized spacial score (nSPS) is 27.9. The molecule has 3 heteroatoms. The Morgan fingerprint density at radius 2 is 2.28 bits per heavy atom. The highest BCUT2D eigenvalue weighted by molar-refractivity contribution is 7.09. The molecule has 2 aliphatic rings. The molecule has 3 rings (SSSR count). The van der Waals surface area contributed by atoms with Crippen molar-refractivity contribution < 1.29 is 0 Å². The SMILES string of the molecule is CCC1CNC2(CCCC2)CN1Cc1cccs1. The molecular formula is C15H24N2S. The van der Waals surface area contributed by atoms with Crippen LogP contribution in [0.3, 0.4) is 0 Å². The minimum atomic E-state index is 0.447. The van der Waals surface area contributed by atoms with E-state index in [1.54, 1.807) is 0 Å². The first-order valence-corrected chi connectivity index (χ1v) is 8.21. The monoisotopic (exact) mass is 264 g/mol. The number of hydrogen-bond donors (Lipinski definition) is 1. The summed E-state index contributed by atoms with van der Waals surface area (Å²) in [6.45, 7) is 5.91. The number of rotatable bonds is 3. The fourth-order valence-corrected chi connectivity index (χ4v) is 4.34. The first-order chi connectivity index (χ1) is 8.81. The number of piperazine rings is 1. The average molecular weight is 264 g/mol. The standard InChI is InChI=1S/C15H24N2S/c1-2-13-10-16-15(7-3-4-8-15)12-17(13)11-14-6-5-9-18-14/h5-6,9,13,16H,2-4,7-8,10-12H2,1H3. The van der Waals surface area contributed by atoms with E-state index in [9.17, 15) is 0 Å². The van der Waals surface area contributed by atoms with Gasteiger partial charge in [0.2, 0.25) is 0 Å². The third-order valence-electron chi connectivity index (χ3n) is 4.71. The fraction of sp³-hybridized carbons (Fsp3) is 0.733. The Hall–Kier alpha value is -0.380. The van der Waals surface area contributed by atoms with Crippen LogP contribution in [-0.4, -0.2) is 29.6 Å². The van der Waals surface area contributed by atoms with Crippen LogP contribution >= 0.6 is 11.3 Å². The highest BCUT2D eigenvalue weighted by Gasteiger charge is 2.40. The van der Waals surface area contributed by atoms with Gasteiger partial charge >= 0.3 is 0 Å². The topological polar surface area (TPSA) is 15.3 Å². The third-order valence-corrected chi connectivity index (χ3v) is 5.57. The molecule has 0 bridgehead atoms. The molecule has 1 N–H and O–H groups in total. The molecule has 1 spiro atoms. The number of nitrogens with one attached hydrogen (secondary N) is 1. The van der Waals surface area contributed by atoms with Gasteiger partial charge in [-0.1, -0.05) is 25.8 Å².